The highest BCUT2D eigenvalue weighted by Gasteiger charge is 2.16. The van der Waals surface area contributed by atoms with Crippen molar-refractivity contribution in [1.82, 2.24) is 0 Å². The molecule has 0 rings (SSSR count). The number of aliphatic hydroxyl groups is 1. The number of carbonyl (C=O) groups is 2. The fraction of sp³-hybridized carbons (Fsp3) is 0.908. The third-order valence-corrected chi connectivity index (χ3v) is 14.7. The highest BCUT2D eigenvalue weighted by atomic mass is 16.6. The molecule has 70 heavy (non-hydrogen) atoms. The summed E-state index contributed by atoms with van der Waals surface area (Å²) in [5, 5.41) is 9.63. The molecule has 0 heterocycles. The molecule has 1 unspecified atom stereocenters. The van der Waals surface area contributed by atoms with Gasteiger partial charge in [-0.2, -0.15) is 0 Å². The quantitative estimate of drug-likeness (QED) is 0.0373. The van der Waals surface area contributed by atoms with Crippen molar-refractivity contribution in [3.05, 3.63) is 24.3 Å². The fourth-order valence-corrected chi connectivity index (χ4v) is 9.94. The van der Waals surface area contributed by atoms with Gasteiger partial charge in [0, 0.05) is 12.8 Å². The van der Waals surface area contributed by atoms with Gasteiger partial charge in [-0.05, 0) is 44.9 Å². The number of allylic oxidation sites excluding steroid dienone is 4. The lowest BCUT2D eigenvalue weighted by Crippen LogP contribution is -2.28. The number of aliphatic hydroxyl groups excluding tert-OH is 1. The first-order valence-corrected chi connectivity index (χ1v) is 31.9. The van der Waals surface area contributed by atoms with Crippen molar-refractivity contribution in [2.24, 2.45) is 0 Å². The van der Waals surface area contributed by atoms with Crippen molar-refractivity contribution in [2.45, 2.75) is 367 Å². The largest absolute Gasteiger partial charge is 0.462 e. The molecule has 0 aliphatic carbocycles. The Kier molecular flexibility index (Phi) is 60.3. The van der Waals surface area contributed by atoms with Crippen molar-refractivity contribution in [3.63, 3.8) is 0 Å². The van der Waals surface area contributed by atoms with Crippen LogP contribution in [0.1, 0.15) is 361 Å². The highest BCUT2D eigenvalue weighted by molar-refractivity contribution is 5.70. The van der Waals surface area contributed by atoms with Crippen molar-refractivity contribution in [2.75, 3.05) is 13.2 Å². The zero-order chi connectivity index (χ0) is 50.6. The van der Waals surface area contributed by atoms with Gasteiger partial charge in [0.05, 0.1) is 6.61 Å². The molecule has 0 aromatic heterocycles. The second-order valence-corrected chi connectivity index (χ2v) is 21.9. The average Bonchev–Trinajstić information content (AvgIpc) is 3.36. The Morgan fingerprint density at radius 2 is 0.571 bits per heavy atom. The van der Waals surface area contributed by atoms with Gasteiger partial charge >= 0.3 is 11.9 Å². The molecule has 0 saturated heterocycles. The first kappa shape index (κ1) is 68.4. The third-order valence-electron chi connectivity index (χ3n) is 14.7. The molecule has 0 amide bonds. The van der Waals surface area contributed by atoms with E-state index in [2.05, 4.69) is 38.2 Å². The topological polar surface area (TPSA) is 72.8 Å². The highest BCUT2D eigenvalue weighted by Crippen LogP contribution is 2.19. The third kappa shape index (κ3) is 58.9. The molecular weight excluding hydrogens is 861 g/mol. The summed E-state index contributed by atoms with van der Waals surface area (Å²) in [7, 11) is 0. The number of carbonyl (C=O) groups excluding carboxylic acids is 2. The van der Waals surface area contributed by atoms with Crippen molar-refractivity contribution in [3.8, 4) is 0 Å². The van der Waals surface area contributed by atoms with Crippen LogP contribution in [0.3, 0.4) is 0 Å². The molecule has 1 atom stereocenters. The second-order valence-electron chi connectivity index (χ2n) is 21.9. The maximum Gasteiger partial charge on any atom is 0.306 e. The molecule has 0 aliphatic rings. The fourth-order valence-electron chi connectivity index (χ4n) is 9.94. The van der Waals surface area contributed by atoms with E-state index in [1.807, 2.05) is 0 Å². The van der Waals surface area contributed by atoms with Crippen LogP contribution in [-0.2, 0) is 19.1 Å². The van der Waals surface area contributed by atoms with Gasteiger partial charge in [0.15, 0.2) is 6.10 Å². The number of hydrogen-bond donors (Lipinski definition) is 1. The summed E-state index contributed by atoms with van der Waals surface area (Å²) in [4.78, 5) is 24.5. The maximum atomic E-state index is 12.2. The smallest absolute Gasteiger partial charge is 0.306 e. The van der Waals surface area contributed by atoms with Crippen LogP contribution in [0.5, 0.6) is 0 Å². The van der Waals surface area contributed by atoms with Gasteiger partial charge in [0.1, 0.15) is 6.61 Å². The van der Waals surface area contributed by atoms with Crippen LogP contribution < -0.4 is 0 Å². The van der Waals surface area contributed by atoms with E-state index in [4.69, 9.17) is 9.47 Å². The van der Waals surface area contributed by atoms with E-state index < -0.39 is 6.10 Å². The molecule has 0 radical (unpaired) electrons. The zero-order valence-electron chi connectivity index (χ0n) is 47.6. The maximum absolute atomic E-state index is 12.2. The summed E-state index contributed by atoms with van der Waals surface area (Å²) in [5.41, 5.74) is 0. The first-order valence-electron chi connectivity index (χ1n) is 31.9. The van der Waals surface area contributed by atoms with Gasteiger partial charge in [0.25, 0.3) is 0 Å². The minimum Gasteiger partial charge on any atom is -0.462 e. The minimum absolute atomic E-state index is 0.0665. The van der Waals surface area contributed by atoms with Gasteiger partial charge < -0.3 is 14.6 Å². The van der Waals surface area contributed by atoms with E-state index in [0.717, 1.165) is 51.4 Å². The summed E-state index contributed by atoms with van der Waals surface area (Å²) < 4.78 is 10.7. The Labute approximate surface area is 438 Å². The molecule has 5 nitrogen and oxygen atoms in total. The number of rotatable bonds is 60. The lowest BCUT2D eigenvalue weighted by molar-refractivity contribution is -0.161. The number of unbranched alkanes of at least 4 members (excludes halogenated alkanes) is 48. The molecule has 1 N–H and O–H groups in total. The van der Waals surface area contributed by atoms with Gasteiger partial charge in [-0.25, -0.2) is 0 Å². The second kappa shape index (κ2) is 61.7. The first-order chi connectivity index (χ1) is 34.6. The summed E-state index contributed by atoms with van der Waals surface area (Å²) >= 11 is 0. The Morgan fingerprint density at radius 1 is 0.329 bits per heavy atom. The minimum atomic E-state index is -0.776. The Hall–Kier alpha value is -1.62. The SMILES string of the molecule is CCCCC/C=C\C/C=C\CCCCCCCC(=O)OC(CO)COC(=O)CCCCCCCCCCCCCCCCCCCCCCCCCCCCCCCCCCCCCCCCCCC. The zero-order valence-corrected chi connectivity index (χ0v) is 47.6. The van der Waals surface area contributed by atoms with Crippen LogP contribution in [0.4, 0.5) is 0 Å². The molecule has 0 aromatic rings. The van der Waals surface area contributed by atoms with Crippen LogP contribution in [0.15, 0.2) is 24.3 Å². The molecule has 0 bridgehead atoms. The van der Waals surface area contributed by atoms with Crippen molar-refractivity contribution in [1.29, 1.82) is 0 Å². The molecule has 0 fully saturated rings. The normalized spacial score (nSPS) is 12.2. The summed E-state index contributed by atoms with van der Waals surface area (Å²) in [6.45, 7) is 4.15. The van der Waals surface area contributed by atoms with E-state index in [9.17, 15) is 14.7 Å². The average molecular weight is 986 g/mol. The molecule has 5 heteroatoms. The Morgan fingerprint density at radius 3 is 0.871 bits per heavy atom. The van der Waals surface area contributed by atoms with Crippen LogP contribution in [-0.4, -0.2) is 36.4 Å². The Balaban J connectivity index is 3.32. The predicted octanol–water partition coefficient (Wildman–Crippen LogP) is 21.7. The van der Waals surface area contributed by atoms with E-state index in [0.29, 0.717) is 12.8 Å². The summed E-state index contributed by atoms with van der Waals surface area (Å²) in [6, 6.07) is 0. The number of hydrogen-bond acceptors (Lipinski definition) is 5. The molecular formula is C65H124O5. The molecule has 414 valence electrons. The standard InChI is InChI=1S/C65H124O5/c1-3-5-7-9-11-13-15-17-19-20-21-22-23-24-25-26-27-28-29-30-31-32-33-34-35-36-37-38-39-40-41-42-43-44-46-47-49-51-53-55-57-59-64(67)69-62-63(61-66)70-65(68)60-58-56-54-52-50-48-45-18-16-14-12-10-8-6-4-2/h12,14,18,45,63,66H,3-11,13,15-17,19-44,46-62H2,1-2H3/b14-12-,45-18-. The van der Waals surface area contributed by atoms with Gasteiger partial charge in [0.2, 0.25) is 0 Å². The summed E-state index contributed by atoms with van der Waals surface area (Å²) in [6.07, 6.45) is 79.3. The molecule has 0 saturated carbocycles. The van der Waals surface area contributed by atoms with Crippen molar-refractivity contribution >= 4 is 11.9 Å². The Bertz CT molecular complexity index is 1070. The molecule has 0 aliphatic heterocycles. The molecule has 0 spiro atoms. The van der Waals surface area contributed by atoms with E-state index in [1.54, 1.807) is 0 Å². The van der Waals surface area contributed by atoms with Crippen LogP contribution >= 0.6 is 0 Å². The number of esters is 2. The number of ether oxygens (including phenoxy) is 2. The van der Waals surface area contributed by atoms with Crippen LogP contribution in [0.2, 0.25) is 0 Å². The predicted molar refractivity (Wildman–Crippen MR) is 307 cm³/mol. The van der Waals surface area contributed by atoms with Gasteiger partial charge in [-0.3, -0.25) is 9.59 Å². The lowest BCUT2D eigenvalue weighted by Gasteiger charge is -2.15. The van der Waals surface area contributed by atoms with Gasteiger partial charge in [-0.1, -0.05) is 327 Å². The van der Waals surface area contributed by atoms with Crippen LogP contribution in [0, 0.1) is 0 Å². The van der Waals surface area contributed by atoms with E-state index in [-0.39, 0.29) is 25.2 Å². The lowest BCUT2D eigenvalue weighted by atomic mass is 10.0. The monoisotopic (exact) mass is 985 g/mol. The summed E-state index contributed by atoms with van der Waals surface area (Å²) in [5.74, 6) is -0.590. The molecule has 0 aromatic carbocycles. The van der Waals surface area contributed by atoms with Crippen LogP contribution in [0.25, 0.3) is 0 Å². The van der Waals surface area contributed by atoms with E-state index >= 15 is 0 Å². The van der Waals surface area contributed by atoms with Crippen molar-refractivity contribution < 1.29 is 24.2 Å². The van der Waals surface area contributed by atoms with E-state index in [1.165, 1.54) is 283 Å². The van der Waals surface area contributed by atoms with Gasteiger partial charge in [-0.15, -0.1) is 0 Å².